The highest BCUT2D eigenvalue weighted by Gasteiger charge is 2.09. The number of hydrogen-bond donors (Lipinski definition) is 0. The van der Waals surface area contributed by atoms with Crippen LogP contribution in [0.5, 0.6) is 0 Å². The third kappa shape index (κ3) is 3.83. The van der Waals surface area contributed by atoms with Crippen LogP contribution in [0.4, 0.5) is 0 Å². The normalized spacial score (nSPS) is 11.3. The summed E-state index contributed by atoms with van der Waals surface area (Å²) in [7, 11) is 0. The van der Waals surface area contributed by atoms with Gasteiger partial charge in [0.1, 0.15) is 0 Å². The van der Waals surface area contributed by atoms with Crippen molar-refractivity contribution in [3.8, 4) is 0 Å². The summed E-state index contributed by atoms with van der Waals surface area (Å²) in [6.07, 6.45) is 3.39. The van der Waals surface area contributed by atoms with Gasteiger partial charge in [-0.15, -0.1) is 11.3 Å². The molecule has 15 heavy (non-hydrogen) atoms. The smallest absolute Gasteiger partial charge is 0.0118 e. The van der Waals surface area contributed by atoms with Crippen molar-refractivity contribution in [3.05, 3.63) is 28.0 Å². The Balaban J connectivity index is 0.000000921. The van der Waals surface area contributed by atoms with Gasteiger partial charge in [0, 0.05) is 4.88 Å². The largest absolute Gasteiger partial charge is 0.148 e. The molecule has 0 aliphatic carbocycles. The van der Waals surface area contributed by atoms with E-state index in [1.807, 2.05) is 25.2 Å². The van der Waals surface area contributed by atoms with Crippen LogP contribution in [-0.4, -0.2) is 0 Å². The summed E-state index contributed by atoms with van der Waals surface area (Å²) >= 11 is 1.87. The van der Waals surface area contributed by atoms with Crippen molar-refractivity contribution >= 4 is 16.9 Å². The molecule has 0 nitrogen and oxygen atoms in total. The molecule has 0 radical (unpaired) electrons. The lowest BCUT2D eigenvalue weighted by atomic mass is 9.95. The molecule has 1 rings (SSSR count). The predicted octanol–water partition coefficient (Wildman–Crippen LogP) is 5.40. The van der Waals surface area contributed by atoms with E-state index >= 15 is 0 Å². The van der Waals surface area contributed by atoms with Gasteiger partial charge in [0.15, 0.2) is 0 Å². The van der Waals surface area contributed by atoms with E-state index in [0.717, 1.165) is 6.42 Å². The maximum atomic E-state index is 2.26. The molecule has 86 valence electrons. The highest BCUT2D eigenvalue weighted by atomic mass is 32.1. The lowest BCUT2D eigenvalue weighted by Crippen LogP contribution is -1.94. The van der Waals surface area contributed by atoms with Crippen LogP contribution >= 0.6 is 11.3 Å². The molecule has 0 amide bonds. The van der Waals surface area contributed by atoms with E-state index in [0.29, 0.717) is 5.92 Å². The van der Waals surface area contributed by atoms with Crippen molar-refractivity contribution in [2.45, 2.75) is 48.0 Å². The standard InChI is InChI=1S/C12H18S.C2H6/c1-5-10(9(3)4)11-7-8-13-12(11)6-2;1-2/h5,7-9H,6H2,1-4H3;1-2H3/b10-5-;. The molecular weight excluding hydrogens is 200 g/mol. The highest BCUT2D eigenvalue weighted by Crippen LogP contribution is 2.29. The summed E-state index contributed by atoms with van der Waals surface area (Å²) in [5.74, 6) is 0.630. The van der Waals surface area contributed by atoms with Gasteiger partial charge in [0.25, 0.3) is 0 Å². The Morgan fingerprint density at radius 2 is 2.00 bits per heavy atom. The van der Waals surface area contributed by atoms with Gasteiger partial charge < -0.3 is 0 Å². The molecule has 0 saturated heterocycles. The van der Waals surface area contributed by atoms with Crippen molar-refractivity contribution in [1.29, 1.82) is 0 Å². The van der Waals surface area contributed by atoms with Crippen molar-refractivity contribution in [1.82, 2.24) is 0 Å². The molecule has 0 unspecified atom stereocenters. The molecule has 1 aromatic rings. The molecule has 0 aliphatic heterocycles. The van der Waals surface area contributed by atoms with Crippen LogP contribution in [0.2, 0.25) is 0 Å². The second kappa shape index (κ2) is 7.70. The fourth-order valence-electron chi connectivity index (χ4n) is 1.67. The van der Waals surface area contributed by atoms with Gasteiger partial charge in [-0.1, -0.05) is 40.7 Å². The third-order valence-corrected chi connectivity index (χ3v) is 3.38. The average Bonchev–Trinajstić information content (AvgIpc) is 2.69. The molecule has 0 atom stereocenters. The first-order valence-electron chi connectivity index (χ1n) is 5.93. The maximum Gasteiger partial charge on any atom is 0.0118 e. The average molecular weight is 224 g/mol. The molecule has 0 fully saturated rings. The molecule has 0 saturated carbocycles. The second-order valence-corrected chi connectivity index (χ2v) is 4.51. The first kappa shape index (κ1) is 14.4. The lowest BCUT2D eigenvalue weighted by molar-refractivity contribution is 0.852. The van der Waals surface area contributed by atoms with Gasteiger partial charge in [0.2, 0.25) is 0 Å². The van der Waals surface area contributed by atoms with Crippen LogP contribution in [0.3, 0.4) is 0 Å². The minimum absolute atomic E-state index is 0.630. The summed E-state index contributed by atoms with van der Waals surface area (Å²) in [4.78, 5) is 1.52. The van der Waals surface area contributed by atoms with Crippen LogP contribution in [0.25, 0.3) is 5.57 Å². The number of aryl methyl sites for hydroxylation is 1. The molecule has 1 heterocycles. The van der Waals surface area contributed by atoms with Crippen LogP contribution in [-0.2, 0) is 6.42 Å². The van der Waals surface area contributed by atoms with Crippen molar-refractivity contribution in [3.63, 3.8) is 0 Å². The first-order valence-corrected chi connectivity index (χ1v) is 6.81. The van der Waals surface area contributed by atoms with Gasteiger partial charge in [-0.3, -0.25) is 0 Å². The minimum atomic E-state index is 0.630. The molecule has 1 aromatic heterocycles. The Labute approximate surface area is 99.0 Å². The Hall–Kier alpha value is -0.560. The fraction of sp³-hybridized carbons (Fsp3) is 0.571. The molecule has 0 bridgehead atoms. The Kier molecular flexibility index (Phi) is 7.41. The Morgan fingerprint density at radius 1 is 1.40 bits per heavy atom. The Bertz CT molecular complexity index is 292. The number of rotatable bonds is 3. The second-order valence-electron chi connectivity index (χ2n) is 3.51. The van der Waals surface area contributed by atoms with Crippen molar-refractivity contribution < 1.29 is 0 Å². The van der Waals surface area contributed by atoms with Gasteiger partial charge >= 0.3 is 0 Å². The topological polar surface area (TPSA) is 0 Å². The molecule has 0 aromatic carbocycles. The number of allylic oxidation sites excluding steroid dienone is 2. The zero-order chi connectivity index (χ0) is 11.8. The van der Waals surface area contributed by atoms with Gasteiger partial charge in [-0.05, 0) is 41.8 Å². The quantitative estimate of drug-likeness (QED) is 0.645. The zero-order valence-electron chi connectivity index (χ0n) is 10.9. The van der Waals surface area contributed by atoms with Crippen LogP contribution in [0.1, 0.15) is 52.0 Å². The molecule has 0 N–H and O–H groups in total. The molecule has 0 aliphatic rings. The Morgan fingerprint density at radius 3 is 2.40 bits per heavy atom. The zero-order valence-corrected chi connectivity index (χ0v) is 11.7. The van der Waals surface area contributed by atoms with E-state index in [-0.39, 0.29) is 0 Å². The highest BCUT2D eigenvalue weighted by molar-refractivity contribution is 7.10. The van der Waals surface area contributed by atoms with Crippen LogP contribution < -0.4 is 0 Å². The first-order chi connectivity index (χ1) is 7.20. The van der Waals surface area contributed by atoms with E-state index in [9.17, 15) is 0 Å². The predicted molar refractivity (Wildman–Crippen MR) is 73.5 cm³/mol. The monoisotopic (exact) mass is 224 g/mol. The van der Waals surface area contributed by atoms with Gasteiger partial charge in [0.05, 0.1) is 0 Å². The minimum Gasteiger partial charge on any atom is -0.148 e. The maximum absolute atomic E-state index is 2.26. The number of thiophene rings is 1. The van der Waals surface area contributed by atoms with Crippen LogP contribution in [0, 0.1) is 5.92 Å². The van der Waals surface area contributed by atoms with Crippen molar-refractivity contribution in [2.75, 3.05) is 0 Å². The fourth-order valence-corrected chi connectivity index (χ4v) is 2.52. The lowest BCUT2D eigenvalue weighted by Gasteiger charge is -2.11. The summed E-state index contributed by atoms with van der Waals surface area (Å²) < 4.78 is 0. The van der Waals surface area contributed by atoms with E-state index in [1.165, 1.54) is 16.0 Å². The number of hydrogen-bond acceptors (Lipinski definition) is 1. The van der Waals surface area contributed by atoms with E-state index < -0.39 is 0 Å². The molecule has 1 heteroatoms. The summed E-state index contributed by atoms with van der Waals surface area (Å²) in [5, 5.41) is 2.19. The SMILES string of the molecule is C/C=C(\c1ccsc1CC)C(C)C.CC. The van der Waals surface area contributed by atoms with Crippen molar-refractivity contribution in [2.24, 2.45) is 5.92 Å². The third-order valence-electron chi connectivity index (χ3n) is 2.31. The van der Waals surface area contributed by atoms with Crippen LogP contribution in [0.15, 0.2) is 17.5 Å². The van der Waals surface area contributed by atoms with E-state index in [2.05, 4.69) is 45.2 Å². The summed E-state index contributed by atoms with van der Waals surface area (Å²) in [6, 6.07) is 2.25. The van der Waals surface area contributed by atoms with E-state index in [1.54, 1.807) is 0 Å². The molecular formula is C14H24S. The van der Waals surface area contributed by atoms with Gasteiger partial charge in [-0.2, -0.15) is 0 Å². The summed E-state index contributed by atoms with van der Waals surface area (Å²) in [6.45, 7) is 12.9. The summed E-state index contributed by atoms with van der Waals surface area (Å²) in [5.41, 5.74) is 2.95. The van der Waals surface area contributed by atoms with Gasteiger partial charge in [-0.25, -0.2) is 0 Å². The molecule has 0 spiro atoms. The van der Waals surface area contributed by atoms with E-state index in [4.69, 9.17) is 0 Å².